The number of carbonyl (C=O) groups is 1. The number of hydrogen-bond donors (Lipinski definition) is 1. The number of amides is 1. The average Bonchev–Trinajstić information content (AvgIpc) is 2.53. The number of benzene rings is 2. The van der Waals surface area contributed by atoms with E-state index in [-0.39, 0.29) is 11.5 Å². The molecular formula is C17H19NO4S. The van der Waals surface area contributed by atoms with Gasteiger partial charge in [0.1, 0.15) is 6.10 Å². The molecule has 122 valence electrons. The Bertz CT molecular complexity index is 755. The zero-order valence-corrected chi connectivity index (χ0v) is 13.8. The molecule has 0 unspecified atom stereocenters. The molecule has 1 N–H and O–H groups in total. The van der Waals surface area contributed by atoms with Gasteiger partial charge in [-0.05, 0) is 31.5 Å². The molecule has 0 heterocycles. The first-order valence-electron chi connectivity index (χ1n) is 7.17. The van der Waals surface area contributed by atoms with Gasteiger partial charge in [-0.1, -0.05) is 48.0 Å². The molecule has 2 aromatic carbocycles. The fourth-order valence-electron chi connectivity index (χ4n) is 1.86. The summed E-state index contributed by atoms with van der Waals surface area (Å²) in [6.07, 6.45) is -0.879. The highest BCUT2D eigenvalue weighted by Crippen LogP contribution is 2.10. The molecular weight excluding hydrogens is 314 g/mol. The predicted octanol–water partition coefficient (Wildman–Crippen LogP) is 2.41. The van der Waals surface area contributed by atoms with Crippen molar-refractivity contribution in [3.63, 3.8) is 0 Å². The maximum Gasteiger partial charge on any atom is 0.264 e. The fourth-order valence-corrected chi connectivity index (χ4v) is 2.91. The van der Waals surface area contributed by atoms with Crippen LogP contribution in [0.3, 0.4) is 0 Å². The largest absolute Gasteiger partial charge is 0.364 e. The predicted molar refractivity (Wildman–Crippen MR) is 87.2 cm³/mol. The molecule has 0 aromatic heterocycles. The first-order valence-corrected chi connectivity index (χ1v) is 8.65. The Morgan fingerprint density at radius 2 is 1.70 bits per heavy atom. The number of hydrogen-bond acceptors (Lipinski definition) is 4. The van der Waals surface area contributed by atoms with Crippen molar-refractivity contribution in [1.29, 1.82) is 0 Å². The molecule has 0 fully saturated rings. The highest BCUT2D eigenvalue weighted by Gasteiger charge is 2.22. The van der Waals surface area contributed by atoms with Crippen molar-refractivity contribution in [3.8, 4) is 0 Å². The summed E-state index contributed by atoms with van der Waals surface area (Å²) in [5, 5.41) is 0. The zero-order chi connectivity index (χ0) is 16.9. The molecule has 5 nitrogen and oxygen atoms in total. The van der Waals surface area contributed by atoms with Crippen molar-refractivity contribution >= 4 is 15.9 Å². The summed E-state index contributed by atoms with van der Waals surface area (Å²) in [5.74, 6) is -0.693. The fraction of sp³-hybridized carbons (Fsp3) is 0.235. The van der Waals surface area contributed by atoms with Crippen LogP contribution in [0.2, 0.25) is 0 Å². The third kappa shape index (κ3) is 4.91. The summed E-state index contributed by atoms with van der Waals surface area (Å²) in [4.78, 5) is 12.1. The molecule has 0 aliphatic carbocycles. The Hall–Kier alpha value is -2.18. The van der Waals surface area contributed by atoms with Crippen molar-refractivity contribution in [1.82, 2.24) is 4.72 Å². The molecule has 0 spiro atoms. The van der Waals surface area contributed by atoms with E-state index in [1.807, 2.05) is 42.0 Å². The van der Waals surface area contributed by atoms with Gasteiger partial charge in [-0.3, -0.25) is 4.79 Å². The normalized spacial score (nSPS) is 12.6. The lowest BCUT2D eigenvalue weighted by Crippen LogP contribution is -2.38. The maximum atomic E-state index is 12.1. The lowest BCUT2D eigenvalue weighted by Gasteiger charge is -2.14. The molecule has 0 saturated carbocycles. The maximum absolute atomic E-state index is 12.1. The van der Waals surface area contributed by atoms with Crippen LogP contribution in [-0.2, 0) is 26.2 Å². The lowest BCUT2D eigenvalue weighted by molar-refractivity contribution is -0.130. The highest BCUT2D eigenvalue weighted by atomic mass is 32.2. The second-order valence-electron chi connectivity index (χ2n) is 5.22. The standard InChI is InChI=1S/C17H19NO4S/c1-13-8-10-16(11-9-13)23(20,21)18-17(19)14(2)22-12-15-6-4-3-5-7-15/h3-11,14H,12H2,1-2H3,(H,18,19)/t14-/m1/s1. The number of ether oxygens (including phenoxy) is 1. The van der Waals surface area contributed by atoms with E-state index in [9.17, 15) is 13.2 Å². The van der Waals surface area contributed by atoms with Gasteiger partial charge in [-0.2, -0.15) is 0 Å². The van der Waals surface area contributed by atoms with Gasteiger partial charge in [-0.15, -0.1) is 0 Å². The second kappa shape index (κ2) is 7.39. The molecule has 1 amide bonds. The van der Waals surface area contributed by atoms with Crippen LogP contribution >= 0.6 is 0 Å². The molecule has 2 rings (SSSR count). The van der Waals surface area contributed by atoms with E-state index in [2.05, 4.69) is 0 Å². The van der Waals surface area contributed by atoms with Crippen LogP contribution in [-0.4, -0.2) is 20.4 Å². The van der Waals surface area contributed by atoms with Crippen LogP contribution in [0.5, 0.6) is 0 Å². The van der Waals surface area contributed by atoms with Gasteiger partial charge in [0.2, 0.25) is 0 Å². The quantitative estimate of drug-likeness (QED) is 0.881. The van der Waals surface area contributed by atoms with Crippen molar-refractivity contribution in [3.05, 3.63) is 65.7 Å². The molecule has 0 saturated heterocycles. The summed E-state index contributed by atoms with van der Waals surface area (Å²) in [6.45, 7) is 3.61. The van der Waals surface area contributed by atoms with Crippen molar-refractivity contribution < 1.29 is 17.9 Å². The van der Waals surface area contributed by atoms with Gasteiger partial charge in [0.25, 0.3) is 15.9 Å². The molecule has 2 aromatic rings. The van der Waals surface area contributed by atoms with Gasteiger partial charge in [0, 0.05) is 0 Å². The summed E-state index contributed by atoms with van der Waals surface area (Å²) < 4.78 is 31.7. The number of nitrogens with one attached hydrogen (secondary N) is 1. The summed E-state index contributed by atoms with van der Waals surface area (Å²) >= 11 is 0. The van der Waals surface area contributed by atoms with Crippen LogP contribution in [0, 0.1) is 6.92 Å². The van der Waals surface area contributed by atoms with E-state index < -0.39 is 22.0 Å². The number of rotatable bonds is 6. The monoisotopic (exact) mass is 333 g/mol. The third-order valence-corrected chi connectivity index (χ3v) is 4.64. The SMILES string of the molecule is Cc1ccc(S(=O)(=O)NC(=O)[C@@H](C)OCc2ccccc2)cc1. The van der Waals surface area contributed by atoms with Gasteiger partial charge < -0.3 is 4.74 Å². The van der Waals surface area contributed by atoms with E-state index in [4.69, 9.17) is 4.74 Å². The molecule has 6 heteroatoms. The van der Waals surface area contributed by atoms with Gasteiger partial charge in [-0.25, -0.2) is 13.1 Å². The highest BCUT2D eigenvalue weighted by molar-refractivity contribution is 7.90. The summed E-state index contributed by atoms with van der Waals surface area (Å²) in [5.41, 5.74) is 1.85. The second-order valence-corrected chi connectivity index (χ2v) is 6.90. The number of sulfonamides is 1. The van der Waals surface area contributed by atoms with Crippen LogP contribution in [0.25, 0.3) is 0 Å². The van der Waals surface area contributed by atoms with Crippen molar-refractivity contribution in [2.24, 2.45) is 0 Å². The van der Waals surface area contributed by atoms with E-state index >= 15 is 0 Å². The molecule has 0 radical (unpaired) electrons. The Morgan fingerprint density at radius 3 is 2.30 bits per heavy atom. The topological polar surface area (TPSA) is 72.5 Å². The first-order chi connectivity index (χ1) is 10.9. The summed E-state index contributed by atoms with van der Waals surface area (Å²) in [6, 6.07) is 15.6. The van der Waals surface area contributed by atoms with E-state index in [0.29, 0.717) is 0 Å². The zero-order valence-electron chi connectivity index (χ0n) is 13.0. The van der Waals surface area contributed by atoms with Crippen molar-refractivity contribution in [2.45, 2.75) is 31.5 Å². The van der Waals surface area contributed by atoms with E-state index in [1.165, 1.54) is 19.1 Å². The molecule has 1 atom stereocenters. The van der Waals surface area contributed by atoms with Crippen LogP contribution < -0.4 is 4.72 Å². The Labute approximate surface area is 136 Å². The van der Waals surface area contributed by atoms with Crippen LogP contribution in [0.4, 0.5) is 0 Å². The molecule has 23 heavy (non-hydrogen) atoms. The van der Waals surface area contributed by atoms with Gasteiger partial charge in [0.05, 0.1) is 11.5 Å². The van der Waals surface area contributed by atoms with E-state index in [1.54, 1.807) is 12.1 Å². The molecule has 0 bridgehead atoms. The van der Waals surface area contributed by atoms with Gasteiger partial charge >= 0.3 is 0 Å². The Balaban J connectivity index is 1.96. The smallest absolute Gasteiger partial charge is 0.264 e. The van der Waals surface area contributed by atoms with E-state index in [0.717, 1.165) is 11.1 Å². The van der Waals surface area contributed by atoms with Crippen molar-refractivity contribution in [2.75, 3.05) is 0 Å². The Kier molecular flexibility index (Phi) is 5.52. The summed E-state index contributed by atoms with van der Waals surface area (Å²) in [7, 11) is -3.88. The minimum Gasteiger partial charge on any atom is -0.364 e. The average molecular weight is 333 g/mol. The van der Waals surface area contributed by atoms with Crippen LogP contribution in [0.1, 0.15) is 18.1 Å². The first kappa shape index (κ1) is 17.2. The Morgan fingerprint density at radius 1 is 1.09 bits per heavy atom. The number of carbonyl (C=O) groups excluding carboxylic acids is 1. The molecule has 0 aliphatic rings. The molecule has 0 aliphatic heterocycles. The van der Waals surface area contributed by atoms with Gasteiger partial charge in [0.15, 0.2) is 0 Å². The van der Waals surface area contributed by atoms with Crippen LogP contribution in [0.15, 0.2) is 59.5 Å². The number of aryl methyl sites for hydroxylation is 1. The minimum atomic E-state index is -3.88. The lowest BCUT2D eigenvalue weighted by atomic mass is 10.2. The minimum absolute atomic E-state index is 0.0479. The third-order valence-electron chi connectivity index (χ3n) is 3.28.